The van der Waals surface area contributed by atoms with Gasteiger partial charge in [-0.05, 0) is 25.0 Å². The van der Waals surface area contributed by atoms with Crippen molar-refractivity contribution in [2.45, 2.75) is 38.2 Å². The van der Waals surface area contributed by atoms with Crippen LogP contribution >= 0.6 is 0 Å². The second-order valence-corrected chi connectivity index (χ2v) is 5.55. The summed E-state index contributed by atoms with van der Waals surface area (Å²) in [5.41, 5.74) is 0.763. The van der Waals surface area contributed by atoms with Gasteiger partial charge >= 0.3 is 0 Å². The van der Waals surface area contributed by atoms with E-state index >= 15 is 0 Å². The van der Waals surface area contributed by atoms with E-state index in [4.69, 9.17) is 4.42 Å². The molecule has 1 aromatic carbocycles. The van der Waals surface area contributed by atoms with Crippen LogP contribution in [0.1, 0.15) is 31.6 Å². The van der Waals surface area contributed by atoms with Crippen LogP contribution in [0.3, 0.4) is 0 Å². The molecule has 0 spiro atoms. The highest BCUT2D eigenvalue weighted by molar-refractivity contribution is 5.76. The number of nitrogens with zero attached hydrogens (tertiary/aromatic N) is 1. The van der Waals surface area contributed by atoms with Crippen molar-refractivity contribution in [3.63, 3.8) is 0 Å². The maximum Gasteiger partial charge on any atom is 0.251 e. The smallest absolute Gasteiger partial charge is 0.251 e. The number of halogens is 3. The Morgan fingerprint density at radius 3 is 3.00 bits per heavy atom. The summed E-state index contributed by atoms with van der Waals surface area (Å²) in [5, 5.41) is 2.52. The molecule has 2 aromatic rings. The van der Waals surface area contributed by atoms with E-state index in [0.29, 0.717) is 23.9 Å². The van der Waals surface area contributed by atoms with Gasteiger partial charge < -0.3 is 9.73 Å². The van der Waals surface area contributed by atoms with E-state index in [2.05, 4.69) is 10.3 Å². The van der Waals surface area contributed by atoms with Crippen LogP contribution in [0, 0.1) is 11.7 Å². The van der Waals surface area contributed by atoms with E-state index in [1.165, 1.54) is 18.2 Å². The molecule has 22 heavy (non-hydrogen) atoms. The highest BCUT2D eigenvalue weighted by Crippen LogP contribution is 2.42. The number of nitrogens with one attached hydrogen (secondary N) is 1. The van der Waals surface area contributed by atoms with Gasteiger partial charge in [0.15, 0.2) is 5.58 Å². The van der Waals surface area contributed by atoms with E-state index in [1.807, 2.05) is 0 Å². The summed E-state index contributed by atoms with van der Waals surface area (Å²) in [6, 6.07) is 3.92. The lowest BCUT2D eigenvalue weighted by Crippen LogP contribution is -2.30. The molecule has 118 valence electrons. The molecule has 0 aliphatic heterocycles. The number of amides is 1. The topological polar surface area (TPSA) is 55.1 Å². The molecule has 1 aliphatic rings. The molecule has 0 radical (unpaired) electrons. The number of carbonyl (C=O) groups is 1. The maximum absolute atomic E-state index is 13.5. The van der Waals surface area contributed by atoms with Gasteiger partial charge in [0, 0.05) is 24.8 Å². The van der Waals surface area contributed by atoms with Crippen LogP contribution in [0.25, 0.3) is 11.1 Å². The largest absolute Gasteiger partial charge is 0.439 e. The standard InChI is InChI=1S/C15H15F3N2O2/c16-10-3-4-12-11(7-10)20-14(22-12)8-19-13(21)6-9-2-1-5-15(9,17)18/h3-4,7,9H,1-2,5-6,8H2,(H,19,21). The van der Waals surface area contributed by atoms with Gasteiger partial charge in [0.05, 0.1) is 6.54 Å². The second-order valence-electron chi connectivity index (χ2n) is 5.55. The minimum absolute atomic E-state index is 0.00652. The third kappa shape index (κ3) is 3.08. The number of alkyl halides is 2. The number of aromatic nitrogens is 1. The van der Waals surface area contributed by atoms with Crippen LogP contribution in [0.15, 0.2) is 22.6 Å². The van der Waals surface area contributed by atoms with E-state index < -0.39 is 23.6 Å². The lowest BCUT2D eigenvalue weighted by atomic mass is 10.0. The zero-order valence-corrected chi connectivity index (χ0v) is 11.7. The fraction of sp³-hybridized carbons (Fsp3) is 0.467. The lowest BCUT2D eigenvalue weighted by molar-refractivity contribution is -0.126. The highest BCUT2D eigenvalue weighted by atomic mass is 19.3. The number of hydrogen-bond acceptors (Lipinski definition) is 3. The molecule has 1 heterocycles. The number of oxazole rings is 1. The van der Waals surface area contributed by atoms with Crippen molar-refractivity contribution in [1.82, 2.24) is 10.3 Å². The van der Waals surface area contributed by atoms with Crippen molar-refractivity contribution in [2.75, 3.05) is 0 Å². The van der Waals surface area contributed by atoms with Gasteiger partial charge in [-0.25, -0.2) is 18.2 Å². The summed E-state index contributed by atoms with van der Waals surface area (Å²) in [7, 11) is 0. The van der Waals surface area contributed by atoms with Crippen LogP contribution in [0.2, 0.25) is 0 Å². The Kier molecular flexibility index (Phi) is 3.80. The van der Waals surface area contributed by atoms with Gasteiger partial charge in [-0.2, -0.15) is 0 Å². The zero-order chi connectivity index (χ0) is 15.7. The SMILES string of the molecule is O=C(CC1CCCC1(F)F)NCc1nc2cc(F)ccc2o1. The average molecular weight is 312 g/mol. The molecule has 7 heteroatoms. The highest BCUT2D eigenvalue weighted by Gasteiger charge is 2.44. The molecule has 1 N–H and O–H groups in total. The van der Waals surface area contributed by atoms with E-state index in [-0.39, 0.29) is 25.3 Å². The Balaban J connectivity index is 1.58. The number of carbonyl (C=O) groups excluding carboxylic acids is 1. The van der Waals surface area contributed by atoms with Crippen molar-refractivity contribution in [2.24, 2.45) is 5.92 Å². The Bertz CT molecular complexity index is 699. The molecular weight excluding hydrogens is 297 g/mol. The van der Waals surface area contributed by atoms with Gasteiger partial charge in [-0.1, -0.05) is 0 Å². The minimum atomic E-state index is -2.76. The Hall–Kier alpha value is -2.05. The lowest BCUT2D eigenvalue weighted by Gasteiger charge is -2.17. The molecule has 1 aliphatic carbocycles. The van der Waals surface area contributed by atoms with E-state index in [1.54, 1.807) is 0 Å². The summed E-state index contributed by atoms with van der Waals surface area (Å²) in [4.78, 5) is 15.8. The summed E-state index contributed by atoms with van der Waals surface area (Å²) in [5.74, 6) is -4.33. The van der Waals surface area contributed by atoms with Crippen LogP contribution in [-0.4, -0.2) is 16.8 Å². The van der Waals surface area contributed by atoms with Crippen molar-refractivity contribution in [3.8, 4) is 0 Å². The minimum Gasteiger partial charge on any atom is -0.439 e. The Morgan fingerprint density at radius 1 is 1.45 bits per heavy atom. The summed E-state index contributed by atoms with van der Waals surface area (Å²) in [6.07, 6.45) is 0.452. The zero-order valence-electron chi connectivity index (χ0n) is 11.7. The normalized spacial score (nSPS) is 20.4. The van der Waals surface area contributed by atoms with Crippen LogP contribution in [0.4, 0.5) is 13.2 Å². The monoisotopic (exact) mass is 312 g/mol. The van der Waals surface area contributed by atoms with Crippen molar-refractivity contribution in [1.29, 1.82) is 0 Å². The number of rotatable bonds is 4. The molecule has 0 bridgehead atoms. The van der Waals surface area contributed by atoms with Crippen LogP contribution in [-0.2, 0) is 11.3 Å². The predicted octanol–water partition coefficient (Wildman–Crippen LogP) is 3.41. The molecule has 3 rings (SSSR count). The Labute approximate surface area is 124 Å². The Morgan fingerprint density at radius 2 is 2.27 bits per heavy atom. The van der Waals surface area contributed by atoms with Crippen molar-refractivity contribution in [3.05, 3.63) is 29.9 Å². The van der Waals surface area contributed by atoms with E-state index in [0.717, 1.165) is 0 Å². The first-order valence-corrected chi connectivity index (χ1v) is 7.13. The number of fused-ring (bicyclic) bond motifs is 1. The van der Waals surface area contributed by atoms with E-state index in [9.17, 15) is 18.0 Å². The quantitative estimate of drug-likeness (QED) is 0.941. The fourth-order valence-electron chi connectivity index (χ4n) is 2.74. The van der Waals surface area contributed by atoms with Gasteiger partial charge in [0.1, 0.15) is 11.3 Å². The summed E-state index contributed by atoms with van der Waals surface area (Å²) < 4.78 is 45.3. The van der Waals surface area contributed by atoms with Gasteiger partial charge in [0.25, 0.3) is 5.92 Å². The molecular formula is C15H15F3N2O2. The number of benzene rings is 1. The molecule has 1 unspecified atom stereocenters. The molecule has 1 atom stereocenters. The first kappa shape index (κ1) is 14.9. The molecule has 0 saturated heterocycles. The van der Waals surface area contributed by atoms with Crippen LogP contribution in [0.5, 0.6) is 0 Å². The average Bonchev–Trinajstić information content (AvgIpc) is 2.99. The molecule has 1 fully saturated rings. The molecule has 1 amide bonds. The van der Waals surface area contributed by atoms with Gasteiger partial charge in [-0.3, -0.25) is 4.79 Å². The summed E-state index contributed by atoms with van der Waals surface area (Å²) >= 11 is 0. The van der Waals surface area contributed by atoms with Gasteiger partial charge in [-0.15, -0.1) is 0 Å². The molecule has 4 nitrogen and oxygen atoms in total. The fourth-order valence-corrected chi connectivity index (χ4v) is 2.74. The third-order valence-electron chi connectivity index (χ3n) is 3.92. The first-order valence-electron chi connectivity index (χ1n) is 7.13. The van der Waals surface area contributed by atoms with Crippen molar-refractivity contribution < 1.29 is 22.4 Å². The molecule has 1 saturated carbocycles. The first-order chi connectivity index (χ1) is 10.4. The maximum atomic E-state index is 13.5. The summed E-state index contributed by atoms with van der Waals surface area (Å²) in [6.45, 7) is -0.00652. The molecule has 1 aromatic heterocycles. The number of hydrogen-bond donors (Lipinski definition) is 1. The van der Waals surface area contributed by atoms with Crippen LogP contribution < -0.4 is 5.32 Å². The van der Waals surface area contributed by atoms with Gasteiger partial charge in [0.2, 0.25) is 11.8 Å². The third-order valence-corrected chi connectivity index (χ3v) is 3.92. The second kappa shape index (κ2) is 5.62. The predicted molar refractivity (Wildman–Crippen MR) is 72.7 cm³/mol. The van der Waals surface area contributed by atoms with Crippen molar-refractivity contribution >= 4 is 17.0 Å².